The molecule has 0 aromatic rings. The van der Waals surface area contributed by atoms with Crippen molar-refractivity contribution in [1.29, 1.82) is 0 Å². The summed E-state index contributed by atoms with van der Waals surface area (Å²) < 4.78 is 0. The molecule has 10 fully saturated rings. The van der Waals surface area contributed by atoms with E-state index in [9.17, 15) is 9.59 Å². The summed E-state index contributed by atoms with van der Waals surface area (Å²) in [6, 6.07) is 0. The molecule has 10 rings (SSSR count). The Kier molecular flexibility index (Phi) is 5.22. The number of hydrogen-bond donors (Lipinski definition) is 2. The van der Waals surface area contributed by atoms with Crippen LogP contribution in [0.25, 0.3) is 0 Å². The maximum atomic E-state index is 13.5. The van der Waals surface area contributed by atoms with E-state index in [0.29, 0.717) is 23.7 Å². The van der Waals surface area contributed by atoms with Crippen LogP contribution in [-0.2, 0) is 9.59 Å². The van der Waals surface area contributed by atoms with Crippen molar-refractivity contribution in [2.45, 2.75) is 127 Å². The van der Waals surface area contributed by atoms with Gasteiger partial charge in [-0.25, -0.2) is 0 Å². The van der Waals surface area contributed by atoms with Crippen molar-refractivity contribution in [3.05, 3.63) is 0 Å². The first-order chi connectivity index (χ1) is 17.4. The zero-order valence-corrected chi connectivity index (χ0v) is 22.3. The van der Waals surface area contributed by atoms with Crippen molar-refractivity contribution in [2.75, 3.05) is 0 Å². The van der Waals surface area contributed by atoms with E-state index in [1.54, 1.807) is 0 Å². The maximum absolute atomic E-state index is 13.5. The molecule has 0 aromatic heterocycles. The first-order valence-corrected chi connectivity index (χ1v) is 16.1. The second-order valence-corrected chi connectivity index (χ2v) is 15.9. The van der Waals surface area contributed by atoms with Crippen molar-refractivity contribution in [3.8, 4) is 0 Å². The Morgan fingerprint density at radius 3 is 1.06 bits per heavy atom. The summed E-state index contributed by atoms with van der Waals surface area (Å²) in [5.41, 5.74) is 0.297. The molecule has 4 nitrogen and oxygen atoms in total. The van der Waals surface area contributed by atoms with Gasteiger partial charge in [-0.05, 0) is 163 Å². The summed E-state index contributed by atoms with van der Waals surface area (Å²) in [7, 11) is 0. The minimum atomic E-state index is 0.148. The van der Waals surface area contributed by atoms with Gasteiger partial charge in [0, 0.05) is 22.9 Å². The largest absolute Gasteiger partial charge is 0.350 e. The second-order valence-electron chi connectivity index (χ2n) is 15.9. The predicted octanol–water partition coefficient (Wildman–Crippen LogP) is 5.99. The smallest absolute Gasteiger partial charge is 0.223 e. The predicted molar refractivity (Wildman–Crippen MR) is 140 cm³/mol. The van der Waals surface area contributed by atoms with Gasteiger partial charge in [0.25, 0.3) is 0 Å². The van der Waals surface area contributed by atoms with Gasteiger partial charge in [-0.3, -0.25) is 9.59 Å². The number of fused-ring (bicyclic) bond motifs is 1. The Morgan fingerprint density at radius 2 is 0.750 bits per heavy atom. The molecule has 0 radical (unpaired) electrons. The number of carbonyl (C=O) groups excluding carboxylic acids is 2. The number of nitrogens with one attached hydrogen (secondary N) is 2. The van der Waals surface area contributed by atoms with Crippen LogP contribution in [-0.4, -0.2) is 22.9 Å². The lowest BCUT2D eigenvalue weighted by atomic mass is 9.53. The van der Waals surface area contributed by atoms with Crippen LogP contribution in [0.3, 0.4) is 0 Å². The Balaban J connectivity index is 0.865. The summed E-state index contributed by atoms with van der Waals surface area (Å²) in [4.78, 5) is 27.0. The van der Waals surface area contributed by atoms with Crippen molar-refractivity contribution in [1.82, 2.24) is 10.6 Å². The molecule has 4 unspecified atom stereocenters. The van der Waals surface area contributed by atoms with Gasteiger partial charge in [-0.15, -0.1) is 0 Å². The van der Waals surface area contributed by atoms with Crippen LogP contribution in [0.5, 0.6) is 0 Å². The Bertz CT molecular complexity index is 781. The number of hydrogen-bond acceptors (Lipinski definition) is 2. The lowest BCUT2D eigenvalue weighted by Crippen LogP contribution is -2.61. The van der Waals surface area contributed by atoms with Crippen LogP contribution in [0.1, 0.15) is 116 Å². The molecule has 2 N–H and O–H groups in total. The molecule has 4 heteroatoms. The number of rotatable bonds is 4. The molecule has 10 aliphatic carbocycles. The zero-order chi connectivity index (χ0) is 24.1. The Morgan fingerprint density at radius 1 is 0.444 bits per heavy atom. The van der Waals surface area contributed by atoms with Gasteiger partial charge in [-0.1, -0.05) is 0 Å². The van der Waals surface area contributed by atoms with Gasteiger partial charge < -0.3 is 10.6 Å². The van der Waals surface area contributed by atoms with Gasteiger partial charge in [-0.2, -0.15) is 0 Å². The fraction of sp³-hybridized carbons (Fsp3) is 0.938. The lowest BCUT2D eigenvalue weighted by molar-refractivity contribution is -0.136. The van der Waals surface area contributed by atoms with Crippen molar-refractivity contribution < 1.29 is 9.59 Å². The van der Waals surface area contributed by atoms with Crippen LogP contribution in [0.15, 0.2) is 0 Å². The molecule has 8 bridgehead atoms. The molecule has 0 spiro atoms. The van der Waals surface area contributed by atoms with E-state index in [1.807, 2.05) is 0 Å². The Hall–Kier alpha value is -1.06. The van der Waals surface area contributed by atoms with Crippen LogP contribution in [0, 0.1) is 59.2 Å². The SMILES string of the molecule is O=C(NC12CC3CC(CC(C3)C1)C2)C1CCC2CC(C(=O)NC34CC5CC(CC(C5)C3)C4)CCC2C1. The molecular formula is C32H48N2O2. The van der Waals surface area contributed by atoms with Crippen LogP contribution < -0.4 is 10.6 Å². The van der Waals surface area contributed by atoms with Crippen molar-refractivity contribution >= 4 is 11.8 Å². The number of carbonyl (C=O) groups is 2. The van der Waals surface area contributed by atoms with Crippen molar-refractivity contribution in [3.63, 3.8) is 0 Å². The highest BCUT2D eigenvalue weighted by Crippen LogP contribution is 2.57. The molecule has 0 heterocycles. The third-order valence-electron chi connectivity index (χ3n) is 13.2. The molecule has 4 atom stereocenters. The lowest BCUT2D eigenvalue weighted by Gasteiger charge is -2.57. The molecule has 198 valence electrons. The fourth-order valence-electron chi connectivity index (χ4n) is 12.6. The third-order valence-corrected chi connectivity index (χ3v) is 13.2. The van der Waals surface area contributed by atoms with Gasteiger partial charge in [0.2, 0.25) is 11.8 Å². The first kappa shape index (κ1) is 22.9. The normalized spacial score (nSPS) is 54.2. The van der Waals surface area contributed by atoms with Gasteiger partial charge in [0.1, 0.15) is 0 Å². The molecule has 36 heavy (non-hydrogen) atoms. The first-order valence-electron chi connectivity index (χ1n) is 16.1. The molecule has 0 aromatic carbocycles. The molecule has 2 amide bonds. The van der Waals surface area contributed by atoms with Crippen LogP contribution in [0.4, 0.5) is 0 Å². The van der Waals surface area contributed by atoms with E-state index >= 15 is 0 Å². The highest BCUT2D eigenvalue weighted by atomic mass is 16.2. The third kappa shape index (κ3) is 3.89. The van der Waals surface area contributed by atoms with E-state index in [1.165, 1.54) is 77.0 Å². The van der Waals surface area contributed by atoms with Crippen LogP contribution in [0.2, 0.25) is 0 Å². The monoisotopic (exact) mass is 492 g/mol. The average molecular weight is 493 g/mol. The quantitative estimate of drug-likeness (QED) is 0.506. The minimum Gasteiger partial charge on any atom is -0.350 e. The highest BCUT2D eigenvalue weighted by Gasteiger charge is 2.54. The summed E-state index contributed by atoms with van der Waals surface area (Å²) in [6.07, 6.45) is 22.7. The van der Waals surface area contributed by atoms with E-state index < -0.39 is 0 Å². The second kappa shape index (κ2) is 8.22. The molecule has 0 saturated heterocycles. The van der Waals surface area contributed by atoms with Gasteiger partial charge in [0.05, 0.1) is 0 Å². The van der Waals surface area contributed by atoms with E-state index in [-0.39, 0.29) is 22.9 Å². The molecular weight excluding hydrogens is 444 g/mol. The van der Waals surface area contributed by atoms with Crippen molar-refractivity contribution in [2.24, 2.45) is 59.2 Å². The molecule has 10 saturated carbocycles. The fourth-order valence-corrected chi connectivity index (χ4v) is 12.6. The summed E-state index contributed by atoms with van der Waals surface area (Å²) in [5.74, 6) is 7.82. The molecule has 0 aliphatic heterocycles. The topological polar surface area (TPSA) is 58.2 Å². The minimum absolute atomic E-state index is 0.148. The summed E-state index contributed by atoms with van der Waals surface area (Å²) in [5, 5.41) is 7.37. The molecule has 10 aliphatic rings. The highest BCUT2D eigenvalue weighted by molar-refractivity contribution is 5.80. The summed E-state index contributed by atoms with van der Waals surface area (Å²) in [6.45, 7) is 0. The van der Waals surface area contributed by atoms with Gasteiger partial charge >= 0.3 is 0 Å². The van der Waals surface area contributed by atoms with E-state index in [2.05, 4.69) is 10.6 Å². The zero-order valence-electron chi connectivity index (χ0n) is 22.3. The number of amides is 2. The van der Waals surface area contributed by atoms with Crippen LogP contribution >= 0.6 is 0 Å². The Labute approximate surface area is 217 Å². The summed E-state index contributed by atoms with van der Waals surface area (Å²) >= 11 is 0. The standard InChI is InChI=1S/C32H48N2O2/c35-29(33-31-13-19-5-20(14-31)7-21(6-19)15-31)27-3-1-25-11-28(4-2-26(25)12-27)30(36)34-32-16-22-8-23(17-32)10-24(9-22)18-32/h19-28H,1-18H2,(H,33,35)(H,34,36). The maximum Gasteiger partial charge on any atom is 0.223 e. The van der Waals surface area contributed by atoms with E-state index in [0.717, 1.165) is 74.0 Å². The average Bonchev–Trinajstić information content (AvgIpc) is 2.81. The van der Waals surface area contributed by atoms with Gasteiger partial charge in [0.15, 0.2) is 0 Å². The van der Waals surface area contributed by atoms with E-state index in [4.69, 9.17) is 0 Å².